The highest BCUT2D eigenvalue weighted by Gasteiger charge is 2.13. The van der Waals surface area contributed by atoms with Crippen molar-refractivity contribution in [3.63, 3.8) is 0 Å². The van der Waals surface area contributed by atoms with Gasteiger partial charge in [0, 0.05) is 31.4 Å². The zero-order valence-corrected chi connectivity index (χ0v) is 13.2. The van der Waals surface area contributed by atoms with Gasteiger partial charge in [0.25, 0.3) is 5.69 Å². The maximum Gasteiger partial charge on any atom is 0.321 e. The molecule has 2 aromatic carbocycles. The molecule has 0 saturated carbocycles. The van der Waals surface area contributed by atoms with Gasteiger partial charge in [-0.25, -0.2) is 9.18 Å². The van der Waals surface area contributed by atoms with Crippen molar-refractivity contribution in [3.05, 3.63) is 64.0 Å². The van der Waals surface area contributed by atoms with Gasteiger partial charge in [-0.1, -0.05) is 12.1 Å². The second-order valence-electron chi connectivity index (χ2n) is 5.06. The fourth-order valence-corrected chi connectivity index (χ4v) is 2.07. The fourth-order valence-electron chi connectivity index (χ4n) is 2.07. The van der Waals surface area contributed by atoms with Gasteiger partial charge in [-0.15, -0.1) is 0 Å². The van der Waals surface area contributed by atoms with Crippen LogP contribution in [0, 0.1) is 15.9 Å². The molecule has 0 aliphatic rings. The highest BCUT2D eigenvalue weighted by molar-refractivity contribution is 5.89. The van der Waals surface area contributed by atoms with Gasteiger partial charge in [0.1, 0.15) is 0 Å². The summed E-state index contributed by atoms with van der Waals surface area (Å²) >= 11 is 0. The number of nitro groups is 1. The highest BCUT2D eigenvalue weighted by atomic mass is 19.1. The van der Waals surface area contributed by atoms with Crippen molar-refractivity contribution in [2.75, 3.05) is 19.5 Å². The fraction of sp³-hybridized carbons (Fsp3) is 0.188. The number of nitrogens with one attached hydrogen (secondary N) is 1. The van der Waals surface area contributed by atoms with E-state index in [4.69, 9.17) is 4.74 Å². The molecule has 7 nitrogen and oxygen atoms in total. The molecule has 2 aromatic rings. The minimum Gasteiger partial charge on any atom is -0.494 e. The number of hydrogen-bond donors (Lipinski definition) is 1. The monoisotopic (exact) mass is 333 g/mol. The zero-order chi connectivity index (χ0) is 17.7. The van der Waals surface area contributed by atoms with Crippen LogP contribution in [0.1, 0.15) is 5.56 Å². The third kappa shape index (κ3) is 4.19. The van der Waals surface area contributed by atoms with E-state index >= 15 is 0 Å². The summed E-state index contributed by atoms with van der Waals surface area (Å²) in [5.74, 6) is -0.384. The highest BCUT2D eigenvalue weighted by Crippen LogP contribution is 2.20. The number of urea groups is 1. The number of hydrogen-bond acceptors (Lipinski definition) is 4. The Morgan fingerprint density at radius 2 is 2.08 bits per heavy atom. The third-order valence-electron chi connectivity index (χ3n) is 3.29. The van der Waals surface area contributed by atoms with Crippen LogP contribution in [0.3, 0.4) is 0 Å². The van der Waals surface area contributed by atoms with Crippen LogP contribution < -0.4 is 10.1 Å². The van der Waals surface area contributed by atoms with E-state index in [1.165, 1.54) is 49.4 Å². The minimum absolute atomic E-state index is 0.118. The van der Waals surface area contributed by atoms with Gasteiger partial charge >= 0.3 is 6.03 Å². The summed E-state index contributed by atoms with van der Waals surface area (Å²) in [6.07, 6.45) is 0. The second kappa shape index (κ2) is 7.40. The lowest BCUT2D eigenvalue weighted by Gasteiger charge is -2.18. The van der Waals surface area contributed by atoms with Crippen LogP contribution in [0.4, 0.5) is 20.6 Å². The number of carbonyl (C=O) groups excluding carboxylic acids is 1. The minimum atomic E-state index is -0.542. The van der Waals surface area contributed by atoms with E-state index in [2.05, 4.69) is 5.32 Å². The van der Waals surface area contributed by atoms with E-state index in [0.29, 0.717) is 11.3 Å². The first-order valence-corrected chi connectivity index (χ1v) is 6.99. The predicted molar refractivity (Wildman–Crippen MR) is 86.5 cm³/mol. The lowest BCUT2D eigenvalue weighted by molar-refractivity contribution is -0.384. The van der Waals surface area contributed by atoms with E-state index in [1.807, 2.05) is 0 Å². The summed E-state index contributed by atoms with van der Waals surface area (Å²) in [5, 5.41) is 13.3. The number of benzene rings is 2. The molecule has 0 spiro atoms. The molecule has 2 rings (SSSR count). The molecule has 126 valence electrons. The Hall–Kier alpha value is -3.16. The molecule has 0 fully saturated rings. The molecule has 0 aliphatic heterocycles. The molecule has 8 heteroatoms. The van der Waals surface area contributed by atoms with Crippen molar-refractivity contribution >= 4 is 17.4 Å². The van der Waals surface area contributed by atoms with E-state index in [-0.39, 0.29) is 18.0 Å². The molecular weight excluding hydrogens is 317 g/mol. The van der Waals surface area contributed by atoms with Crippen LogP contribution in [0.25, 0.3) is 0 Å². The van der Waals surface area contributed by atoms with Crippen LogP contribution in [-0.4, -0.2) is 30.0 Å². The maximum atomic E-state index is 13.7. The van der Waals surface area contributed by atoms with Crippen LogP contribution in [0.15, 0.2) is 42.5 Å². The Morgan fingerprint density at radius 1 is 1.33 bits per heavy atom. The van der Waals surface area contributed by atoms with Crippen LogP contribution >= 0.6 is 0 Å². The largest absolute Gasteiger partial charge is 0.494 e. The average molecular weight is 333 g/mol. The number of amides is 2. The zero-order valence-electron chi connectivity index (χ0n) is 13.2. The molecule has 0 aliphatic carbocycles. The van der Waals surface area contributed by atoms with Gasteiger partial charge < -0.3 is 15.0 Å². The van der Waals surface area contributed by atoms with Gasteiger partial charge in [-0.3, -0.25) is 10.1 Å². The Balaban J connectivity index is 2.03. The quantitative estimate of drug-likeness (QED) is 0.671. The predicted octanol–water partition coefficient (Wildman–Crippen LogP) is 3.41. The maximum absolute atomic E-state index is 13.7. The molecule has 2 amide bonds. The van der Waals surface area contributed by atoms with Gasteiger partial charge in [0.15, 0.2) is 11.6 Å². The number of nitro benzene ring substituents is 1. The number of non-ortho nitro benzene ring substituents is 1. The molecule has 0 bridgehead atoms. The Labute approximate surface area is 137 Å². The van der Waals surface area contributed by atoms with Crippen LogP contribution in [-0.2, 0) is 6.54 Å². The number of anilines is 1. The van der Waals surface area contributed by atoms with Gasteiger partial charge in [-0.05, 0) is 23.8 Å². The third-order valence-corrected chi connectivity index (χ3v) is 3.29. The van der Waals surface area contributed by atoms with E-state index in [1.54, 1.807) is 12.1 Å². The van der Waals surface area contributed by atoms with Gasteiger partial charge in [-0.2, -0.15) is 0 Å². The molecule has 0 radical (unpaired) electrons. The lowest BCUT2D eigenvalue weighted by Crippen LogP contribution is -2.30. The summed E-state index contributed by atoms with van der Waals surface area (Å²) in [7, 11) is 2.91. The molecule has 0 unspecified atom stereocenters. The number of halogens is 1. The van der Waals surface area contributed by atoms with Crippen molar-refractivity contribution in [3.8, 4) is 5.75 Å². The molecule has 0 aromatic heterocycles. The van der Waals surface area contributed by atoms with Gasteiger partial charge in [0.2, 0.25) is 0 Å². The first kappa shape index (κ1) is 17.2. The number of methoxy groups -OCH3 is 1. The van der Waals surface area contributed by atoms with Crippen molar-refractivity contribution < 1.29 is 18.8 Å². The first-order chi connectivity index (χ1) is 11.4. The molecule has 24 heavy (non-hydrogen) atoms. The number of carbonyl (C=O) groups is 1. The topological polar surface area (TPSA) is 84.7 Å². The normalized spacial score (nSPS) is 10.1. The average Bonchev–Trinajstić information content (AvgIpc) is 2.55. The molecule has 0 saturated heterocycles. The van der Waals surface area contributed by atoms with Gasteiger partial charge in [0.05, 0.1) is 12.0 Å². The van der Waals surface area contributed by atoms with Crippen molar-refractivity contribution in [2.45, 2.75) is 6.54 Å². The van der Waals surface area contributed by atoms with Crippen molar-refractivity contribution in [1.29, 1.82) is 0 Å². The second-order valence-corrected chi connectivity index (χ2v) is 5.06. The van der Waals surface area contributed by atoms with Crippen molar-refractivity contribution in [2.24, 2.45) is 0 Å². The summed E-state index contributed by atoms with van der Waals surface area (Å²) in [6.45, 7) is 0.168. The van der Waals surface area contributed by atoms with E-state index in [9.17, 15) is 19.3 Å². The lowest BCUT2D eigenvalue weighted by atomic mass is 10.2. The van der Waals surface area contributed by atoms with Crippen molar-refractivity contribution in [1.82, 2.24) is 4.90 Å². The molecule has 0 atom stereocenters. The standard InChI is InChI=1S/C16H16FN3O4/c1-19(10-11-6-7-15(24-2)14(17)8-11)16(21)18-12-4-3-5-13(9-12)20(22)23/h3-9H,10H2,1-2H3,(H,18,21). The summed E-state index contributed by atoms with van der Waals surface area (Å²) in [5.41, 5.74) is 0.777. The number of ether oxygens (including phenoxy) is 1. The van der Waals surface area contributed by atoms with Crippen LogP contribution in [0.2, 0.25) is 0 Å². The first-order valence-electron chi connectivity index (χ1n) is 6.99. The SMILES string of the molecule is COc1ccc(CN(C)C(=O)Nc2cccc([N+](=O)[O-])c2)cc1F. The number of nitrogens with zero attached hydrogens (tertiary/aromatic N) is 2. The Morgan fingerprint density at radius 3 is 2.71 bits per heavy atom. The van der Waals surface area contributed by atoms with E-state index < -0.39 is 16.8 Å². The summed E-state index contributed by atoms with van der Waals surface area (Å²) in [4.78, 5) is 23.7. The Bertz CT molecular complexity index is 767. The summed E-state index contributed by atoms with van der Waals surface area (Å²) in [6, 6.07) is 9.58. The van der Waals surface area contributed by atoms with Crippen LogP contribution in [0.5, 0.6) is 5.75 Å². The number of rotatable bonds is 5. The molecule has 1 N–H and O–H groups in total. The van der Waals surface area contributed by atoms with E-state index in [0.717, 1.165) is 0 Å². The molecule has 0 heterocycles. The smallest absolute Gasteiger partial charge is 0.321 e. The summed E-state index contributed by atoms with van der Waals surface area (Å²) < 4.78 is 18.5. The Kier molecular flexibility index (Phi) is 5.31. The molecular formula is C16H16FN3O4.